The molecule has 6 nitrogen and oxygen atoms in total. The Morgan fingerprint density at radius 1 is 1.24 bits per heavy atom. The molecule has 0 spiro atoms. The van der Waals surface area contributed by atoms with Gasteiger partial charge in [-0.25, -0.2) is 4.79 Å². The fourth-order valence-corrected chi connectivity index (χ4v) is 2.12. The van der Waals surface area contributed by atoms with Crippen LogP contribution in [0.1, 0.15) is 15.9 Å². The first-order valence-electron chi connectivity index (χ1n) is 7.20. The Bertz CT molecular complexity index is 811. The van der Waals surface area contributed by atoms with E-state index in [9.17, 15) is 4.79 Å². The third-order valence-electron chi connectivity index (χ3n) is 3.09. The SMILES string of the molecule is CNC(=S)N/N=C\c1ccc(OC(=O)c2ccccc2Cl)c(OC)c1. The van der Waals surface area contributed by atoms with Crippen LogP contribution >= 0.6 is 23.8 Å². The van der Waals surface area contributed by atoms with Gasteiger partial charge in [0.1, 0.15) is 0 Å². The highest BCUT2D eigenvalue weighted by atomic mass is 35.5. The summed E-state index contributed by atoms with van der Waals surface area (Å²) < 4.78 is 10.7. The van der Waals surface area contributed by atoms with E-state index in [-0.39, 0.29) is 11.3 Å². The molecule has 0 bridgehead atoms. The van der Waals surface area contributed by atoms with Gasteiger partial charge in [0.15, 0.2) is 16.6 Å². The monoisotopic (exact) mass is 377 g/mol. The van der Waals surface area contributed by atoms with Crippen LogP contribution in [0.25, 0.3) is 0 Å². The predicted molar refractivity (Wildman–Crippen MR) is 102 cm³/mol. The van der Waals surface area contributed by atoms with Crippen LogP contribution < -0.4 is 20.2 Å². The van der Waals surface area contributed by atoms with Crippen molar-refractivity contribution < 1.29 is 14.3 Å². The van der Waals surface area contributed by atoms with Gasteiger partial charge in [-0.15, -0.1) is 0 Å². The van der Waals surface area contributed by atoms with Crippen LogP contribution in [0.4, 0.5) is 0 Å². The van der Waals surface area contributed by atoms with Gasteiger partial charge < -0.3 is 14.8 Å². The lowest BCUT2D eigenvalue weighted by atomic mass is 10.2. The number of carbonyl (C=O) groups excluding carboxylic acids is 1. The largest absolute Gasteiger partial charge is 0.493 e. The molecular weight excluding hydrogens is 362 g/mol. The molecule has 0 aliphatic rings. The van der Waals surface area contributed by atoms with E-state index in [1.807, 2.05) is 0 Å². The lowest BCUT2D eigenvalue weighted by Gasteiger charge is -2.10. The maximum Gasteiger partial charge on any atom is 0.345 e. The maximum atomic E-state index is 12.2. The normalized spacial score (nSPS) is 10.4. The number of rotatable bonds is 5. The zero-order valence-electron chi connectivity index (χ0n) is 13.6. The van der Waals surface area contributed by atoms with Gasteiger partial charge in [0.2, 0.25) is 0 Å². The minimum absolute atomic E-state index is 0.279. The Kier molecular flexibility index (Phi) is 6.73. The molecule has 2 aromatic carbocycles. The Morgan fingerprint density at radius 3 is 2.68 bits per heavy atom. The van der Waals surface area contributed by atoms with Crippen molar-refractivity contribution in [2.45, 2.75) is 0 Å². The molecule has 0 saturated carbocycles. The molecule has 0 aliphatic carbocycles. The summed E-state index contributed by atoms with van der Waals surface area (Å²) in [5.41, 5.74) is 3.66. The maximum absolute atomic E-state index is 12.2. The summed E-state index contributed by atoms with van der Waals surface area (Å²) in [7, 11) is 3.17. The van der Waals surface area contributed by atoms with Crippen LogP contribution in [-0.2, 0) is 0 Å². The van der Waals surface area contributed by atoms with E-state index in [4.69, 9.17) is 33.3 Å². The Labute approximate surface area is 155 Å². The van der Waals surface area contributed by atoms with Crippen molar-refractivity contribution in [3.8, 4) is 11.5 Å². The van der Waals surface area contributed by atoms with E-state index in [0.29, 0.717) is 15.9 Å². The first kappa shape index (κ1) is 18.7. The average molecular weight is 378 g/mol. The third kappa shape index (κ3) is 5.17. The van der Waals surface area contributed by atoms with Crippen LogP contribution in [0.2, 0.25) is 5.02 Å². The van der Waals surface area contributed by atoms with Gasteiger partial charge in [0, 0.05) is 7.05 Å². The van der Waals surface area contributed by atoms with E-state index in [1.54, 1.807) is 55.7 Å². The summed E-state index contributed by atoms with van der Waals surface area (Å²) in [6, 6.07) is 11.7. The van der Waals surface area contributed by atoms with E-state index in [2.05, 4.69) is 15.8 Å². The quantitative estimate of drug-likeness (QED) is 0.274. The number of esters is 1. The van der Waals surface area contributed by atoms with Gasteiger partial charge in [0.05, 0.1) is 23.9 Å². The summed E-state index contributed by atoms with van der Waals surface area (Å²) >= 11 is 10.9. The second-order valence-electron chi connectivity index (χ2n) is 4.73. The standard InChI is InChI=1S/C17H16ClN3O3S/c1-19-17(25)21-20-10-11-7-8-14(15(9-11)23-2)24-16(22)12-5-3-4-6-13(12)18/h3-10H,1-2H3,(H2,19,21,25)/b20-10-. The second kappa shape index (κ2) is 9.00. The number of halogens is 1. The van der Waals surface area contributed by atoms with E-state index >= 15 is 0 Å². The number of thiocarbonyl (C=S) groups is 1. The Balaban J connectivity index is 2.15. The van der Waals surface area contributed by atoms with Gasteiger partial charge in [-0.05, 0) is 48.1 Å². The highest BCUT2D eigenvalue weighted by Gasteiger charge is 2.15. The molecule has 0 aromatic heterocycles. The van der Waals surface area contributed by atoms with Crippen molar-refractivity contribution in [3.05, 3.63) is 58.6 Å². The number of ether oxygens (including phenoxy) is 2. The van der Waals surface area contributed by atoms with Crippen molar-refractivity contribution in [1.82, 2.24) is 10.7 Å². The molecule has 25 heavy (non-hydrogen) atoms. The fraction of sp³-hybridized carbons (Fsp3) is 0.118. The van der Waals surface area contributed by atoms with Crippen LogP contribution in [0.3, 0.4) is 0 Å². The van der Waals surface area contributed by atoms with Crippen LogP contribution in [0, 0.1) is 0 Å². The molecule has 130 valence electrons. The lowest BCUT2D eigenvalue weighted by Crippen LogP contribution is -2.28. The van der Waals surface area contributed by atoms with E-state index < -0.39 is 5.97 Å². The van der Waals surface area contributed by atoms with Crippen molar-refractivity contribution in [1.29, 1.82) is 0 Å². The molecule has 2 rings (SSSR count). The number of carbonyl (C=O) groups is 1. The molecule has 2 aromatic rings. The molecule has 0 saturated heterocycles. The molecule has 0 amide bonds. The van der Waals surface area contributed by atoms with E-state index in [0.717, 1.165) is 5.56 Å². The first-order valence-corrected chi connectivity index (χ1v) is 7.99. The van der Waals surface area contributed by atoms with Crippen LogP contribution in [-0.4, -0.2) is 31.5 Å². The Hall–Kier alpha value is -2.64. The highest BCUT2D eigenvalue weighted by molar-refractivity contribution is 7.80. The number of nitrogens with zero attached hydrogens (tertiary/aromatic N) is 1. The van der Waals surface area contributed by atoms with Crippen molar-refractivity contribution in [2.75, 3.05) is 14.2 Å². The molecular formula is C17H16ClN3O3S. The van der Waals surface area contributed by atoms with Crippen molar-refractivity contribution >= 4 is 41.1 Å². The number of hydrogen-bond acceptors (Lipinski definition) is 5. The zero-order chi connectivity index (χ0) is 18.2. The number of nitrogens with one attached hydrogen (secondary N) is 2. The van der Waals surface area contributed by atoms with Gasteiger partial charge >= 0.3 is 5.97 Å². The minimum atomic E-state index is -0.564. The molecule has 0 fully saturated rings. The molecule has 2 N–H and O–H groups in total. The van der Waals surface area contributed by atoms with Crippen molar-refractivity contribution in [3.63, 3.8) is 0 Å². The summed E-state index contributed by atoms with van der Waals surface area (Å²) in [5, 5.41) is 7.43. The summed E-state index contributed by atoms with van der Waals surface area (Å²) in [5.74, 6) is 0.107. The topological polar surface area (TPSA) is 72.0 Å². The van der Waals surface area contributed by atoms with Crippen LogP contribution in [0.5, 0.6) is 11.5 Å². The average Bonchev–Trinajstić information content (AvgIpc) is 2.62. The van der Waals surface area contributed by atoms with Gasteiger partial charge in [-0.3, -0.25) is 5.43 Å². The molecule has 0 unspecified atom stereocenters. The van der Waals surface area contributed by atoms with Gasteiger partial charge in [-0.1, -0.05) is 23.7 Å². The summed E-state index contributed by atoms with van der Waals surface area (Å²) in [6.07, 6.45) is 1.56. The third-order valence-corrected chi connectivity index (χ3v) is 3.72. The first-order chi connectivity index (χ1) is 12.0. The predicted octanol–water partition coefficient (Wildman–Crippen LogP) is 3.00. The van der Waals surface area contributed by atoms with Crippen LogP contribution in [0.15, 0.2) is 47.6 Å². The van der Waals surface area contributed by atoms with E-state index in [1.165, 1.54) is 7.11 Å². The van der Waals surface area contributed by atoms with Gasteiger partial charge in [-0.2, -0.15) is 5.10 Å². The molecule has 0 aliphatic heterocycles. The number of methoxy groups -OCH3 is 1. The van der Waals surface area contributed by atoms with Crippen molar-refractivity contribution in [2.24, 2.45) is 5.10 Å². The summed E-state index contributed by atoms with van der Waals surface area (Å²) in [6.45, 7) is 0. The Morgan fingerprint density at radius 2 is 2.00 bits per heavy atom. The summed E-state index contributed by atoms with van der Waals surface area (Å²) in [4.78, 5) is 12.2. The number of benzene rings is 2. The number of hydrogen-bond donors (Lipinski definition) is 2. The highest BCUT2D eigenvalue weighted by Crippen LogP contribution is 2.29. The second-order valence-corrected chi connectivity index (χ2v) is 5.54. The molecule has 8 heteroatoms. The molecule has 0 radical (unpaired) electrons. The molecule has 0 heterocycles. The zero-order valence-corrected chi connectivity index (χ0v) is 15.1. The minimum Gasteiger partial charge on any atom is -0.493 e. The fourth-order valence-electron chi connectivity index (χ4n) is 1.85. The lowest BCUT2D eigenvalue weighted by molar-refractivity contribution is 0.0730. The smallest absolute Gasteiger partial charge is 0.345 e. The van der Waals surface area contributed by atoms with Gasteiger partial charge in [0.25, 0.3) is 0 Å². The molecule has 0 atom stereocenters. The number of hydrazone groups is 1.